The molecule has 0 aromatic heterocycles. The zero-order chi connectivity index (χ0) is 15.0. The van der Waals surface area contributed by atoms with E-state index in [9.17, 15) is 9.59 Å². The first kappa shape index (κ1) is 13.8. The SMILES string of the molecule is O=c1c(=NNc2ccc(Cl)cc2Cl)c(=O)c2ccccc12. The quantitative estimate of drug-likeness (QED) is 0.739. The van der Waals surface area contributed by atoms with Crippen LogP contribution < -0.4 is 21.6 Å². The molecule has 0 spiro atoms. The minimum Gasteiger partial charge on any atom is -0.287 e. The maximum Gasteiger partial charge on any atom is 0.217 e. The molecule has 0 unspecified atom stereocenters. The van der Waals surface area contributed by atoms with Crippen molar-refractivity contribution in [2.45, 2.75) is 0 Å². The summed E-state index contributed by atoms with van der Waals surface area (Å²) in [7, 11) is 0. The Morgan fingerprint density at radius 3 is 2.10 bits per heavy atom. The smallest absolute Gasteiger partial charge is 0.217 e. The number of anilines is 1. The minimum atomic E-state index is -0.395. The molecule has 3 rings (SSSR count). The molecule has 0 heterocycles. The lowest BCUT2D eigenvalue weighted by atomic mass is 10.2. The molecule has 0 bridgehead atoms. The molecular formula is C15H8Cl2N2O2. The molecule has 1 N–H and O–H groups in total. The van der Waals surface area contributed by atoms with Crippen molar-refractivity contribution in [3.63, 3.8) is 0 Å². The minimum absolute atomic E-state index is 0.151. The summed E-state index contributed by atoms with van der Waals surface area (Å²) in [6.45, 7) is 0. The Morgan fingerprint density at radius 2 is 1.52 bits per heavy atom. The summed E-state index contributed by atoms with van der Waals surface area (Å²) in [5.41, 5.74) is 2.31. The van der Waals surface area contributed by atoms with Crippen LogP contribution in [0.15, 0.2) is 57.2 Å². The second-order valence-corrected chi connectivity index (χ2v) is 5.24. The van der Waals surface area contributed by atoms with E-state index in [1.807, 2.05) is 0 Å². The fraction of sp³-hybridized carbons (Fsp3) is 0. The highest BCUT2D eigenvalue weighted by molar-refractivity contribution is 6.36. The van der Waals surface area contributed by atoms with E-state index in [2.05, 4.69) is 10.5 Å². The highest BCUT2D eigenvalue weighted by Gasteiger charge is 2.10. The summed E-state index contributed by atoms with van der Waals surface area (Å²) in [4.78, 5) is 24.2. The van der Waals surface area contributed by atoms with Crippen molar-refractivity contribution < 1.29 is 0 Å². The van der Waals surface area contributed by atoms with Gasteiger partial charge in [-0.25, -0.2) is 0 Å². The zero-order valence-corrected chi connectivity index (χ0v) is 12.1. The molecular weight excluding hydrogens is 311 g/mol. The number of nitrogens with zero attached hydrogens (tertiary/aromatic N) is 1. The van der Waals surface area contributed by atoms with Crippen LogP contribution in [0.5, 0.6) is 0 Å². The van der Waals surface area contributed by atoms with Gasteiger partial charge in [-0.05, 0) is 18.2 Å². The topological polar surface area (TPSA) is 58.5 Å². The standard InChI is InChI=1S/C15H8Cl2N2O2/c16-8-5-6-12(11(17)7-8)18-19-13-14(20)9-3-1-2-4-10(9)15(13)21/h1-7,18H. The van der Waals surface area contributed by atoms with Crippen molar-refractivity contribution in [1.82, 2.24) is 0 Å². The van der Waals surface area contributed by atoms with Crippen molar-refractivity contribution in [3.05, 3.63) is 78.3 Å². The van der Waals surface area contributed by atoms with Crippen LogP contribution in [0.2, 0.25) is 10.0 Å². The highest BCUT2D eigenvalue weighted by atomic mass is 35.5. The summed E-state index contributed by atoms with van der Waals surface area (Å²) in [5.74, 6) is 0. The Labute approximate surface area is 129 Å². The van der Waals surface area contributed by atoms with Gasteiger partial charge in [0, 0.05) is 15.8 Å². The molecule has 3 aromatic carbocycles. The van der Waals surface area contributed by atoms with Gasteiger partial charge in [0.1, 0.15) is 0 Å². The maximum atomic E-state index is 12.1. The number of halogens is 2. The van der Waals surface area contributed by atoms with Crippen molar-refractivity contribution in [1.29, 1.82) is 0 Å². The van der Waals surface area contributed by atoms with Gasteiger partial charge in [0.25, 0.3) is 0 Å². The molecule has 21 heavy (non-hydrogen) atoms. The molecule has 104 valence electrons. The van der Waals surface area contributed by atoms with E-state index < -0.39 is 10.9 Å². The van der Waals surface area contributed by atoms with E-state index in [4.69, 9.17) is 23.2 Å². The molecule has 0 aliphatic rings. The van der Waals surface area contributed by atoms with Crippen LogP contribution in [0.25, 0.3) is 10.8 Å². The van der Waals surface area contributed by atoms with Crippen molar-refractivity contribution in [2.75, 3.05) is 5.43 Å². The summed E-state index contributed by atoms with van der Waals surface area (Å²) < 4.78 is 0. The van der Waals surface area contributed by atoms with Crippen LogP contribution in [0.1, 0.15) is 0 Å². The lowest BCUT2D eigenvalue weighted by Gasteiger charge is -2.02. The van der Waals surface area contributed by atoms with Gasteiger partial charge in [-0.2, -0.15) is 5.10 Å². The fourth-order valence-corrected chi connectivity index (χ4v) is 2.49. The Morgan fingerprint density at radius 1 is 0.905 bits per heavy atom. The monoisotopic (exact) mass is 318 g/mol. The van der Waals surface area contributed by atoms with Crippen molar-refractivity contribution >= 4 is 39.7 Å². The van der Waals surface area contributed by atoms with Gasteiger partial charge in [0.2, 0.25) is 10.9 Å². The molecule has 4 nitrogen and oxygen atoms in total. The molecule has 0 aliphatic heterocycles. The summed E-state index contributed by atoms with van der Waals surface area (Å²) in [6, 6.07) is 11.4. The molecule has 0 fully saturated rings. The van der Waals surface area contributed by atoms with Gasteiger partial charge in [-0.1, -0.05) is 47.5 Å². The van der Waals surface area contributed by atoms with E-state index in [1.165, 1.54) is 0 Å². The van der Waals surface area contributed by atoms with Gasteiger partial charge in [-0.15, -0.1) is 0 Å². The van der Waals surface area contributed by atoms with E-state index in [0.29, 0.717) is 26.5 Å². The van der Waals surface area contributed by atoms with Crippen LogP contribution in [-0.2, 0) is 0 Å². The van der Waals surface area contributed by atoms with Crippen molar-refractivity contribution in [2.24, 2.45) is 5.10 Å². The van der Waals surface area contributed by atoms with Crippen LogP contribution in [-0.4, -0.2) is 0 Å². The van der Waals surface area contributed by atoms with E-state index >= 15 is 0 Å². The number of hydrogen-bond acceptors (Lipinski definition) is 4. The second-order valence-electron chi connectivity index (χ2n) is 4.40. The predicted molar refractivity (Wildman–Crippen MR) is 84.5 cm³/mol. The van der Waals surface area contributed by atoms with Crippen molar-refractivity contribution in [3.8, 4) is 0 Å². The second kappa shape index (κ2) is 5.31. The van der Waals surface area contributed by atoms with Crippen LogP contribution in [0.3, 0.4) is 0 Å². The van der Waals surface area contributed by atoms with Crippen LogP contribution >= 0.6 is 23.2 Å². The van der Waals surface area contributed by atoms with Crippen LogP contribution in [0, 0.1) is 0 Å². The number of rotatable bonds is 2. The number of benzene rings is 2. The van der Waals surface area contributed by atoms with Gasteiger partial charge in [0.05, 0.1) is 10.7 Å². The maximum absolute atomic E-state index is 12.1. The molecule has 0 atom stereocenters. The molecule has 0 aliphatic carbocycles. The first-order valence-corrected chi connectivity index (χ1v) is 6.80. The third-order valence-corrected chi connectivity index (χ3v) is 3.61. The Balaban J connectivity index is 2.13. The summed E-state index contributed by atoms with van der Waals surface area (Å²) in [6.07, 6.45) is 0. The predicted octanol–water partition coefficient (Wildman–Crippen LogP) is 2.67. The molecule has 0 saturated heterocycles. The molecule has 6 heteroatoms. The summed E-state index contributed by atoms with van der Waals surface area (Å²) >= 11 is 11.8. The lowest BCUT2D eigenvalue weighted by Crippen LogP contribution is -2.32. The number of nitrogens with one attached hydrogen (secondary N) is 1. The number of fused-ring (bicyclic) bond motifs is 1. The Kier molecular flexibility index (Phi) is 3.49. The zero-order valence-electron chi connectivity index (χ0n) is 10.6. The summed E-state index contributed by atoms with van der Waals surface area (Å²) in [5, 5.41) is 5.32. The van der Waals surface area contributed by atoms with E-state index in [1.54, 1.807) is 42.5 Å². The Bertz CT molecular complexity index is 939. The molecule has 0 amide bonds. The lowest BCUT2D eigenvalue weighted by molar-refractivity contribution is 1.20. The largest absolute Gasteiger partial charge is 0.287 e. The average molecular weight is 319 g/mol. The fourth-order valence-electron chi connectivity index (χ4n) is 2.04. The third kappa shape index (κ3) is 2.44. The van der Waals surface area contributed by atoms with Crippen LogP contribution in [0.4, 0.5) is 5.69 Å². The third-order valence-electron chi connectivity index (χ3n) is 3.07. The normalized spacial score (nSPS) is 10.8. The first-order valence-electron chi connectivity index (χ1n) is 6.05. The van der Waals surface area contributed by atoms with Gasteiger partial charge >= 0.3 is 0 Å². The van der Waals surface area contributed by atoms with Gasteiger partial charge < -0.3 is 0 Å². The van der Waals surface area contributed by atoms with Gasteiger partial charge in [-0.3, -0.25) is 15.0 Å². The average Bonchev–Trinajstić information content (AvgIpc) is 2.71. The molecule has 0 radical (unpaired) electrons. The van der Waals surface area contributed by atoms with E-state index in [0.717, 1.165) is 0 Å². The van der Waals surface area contributed by atoms with Gasteiger partial charge in [0.15, 0.2) is 5.36 Å². The number of hydrogen-bond donors (Lipinski definition) is 1. The first-order chi connectivity index (χ1) is 10.1. The highest BCUT2D eigenvalue weighted by Crippen LogP contribution is 2.25. The molecule has 0 saturated carbocycles. The van der Waals surface area contributed by atoms with E-state index in [-0.39, 0.29) is 5.36 Å². The Hall–Kier alpha value is -2.17. The molecule has 3 aromatic rings.